The van der Waals surface area contributed by atoms with E-state index in [0.29, 0.717) is 5.56 Å². The Morgan fingerprint density at radius 1 is 1.11 bits per heavy atom. The van der Waals surface area contributed by atoms with Crippen LogP contribution in [0.2, 0.25) is 0 Å². The van der Waals surface area contributed by atoms with Crippen LogP contribution in [0.15, 0.2) is 47.6 Å². The Hall–Kier alpha value is -2.43. The number of aromatic hydroxyl groups is 1. The second-order valence-electron chi connectivity index (χ2n) is 3.59. The average Bonchev–Trinajstić information content (AvgIpc) is 2.32. The topological polar surface area (TPSA) is 44.6 Å². The van der Waals surface area contributed by atoms with Crippen LogP contribution in [0.3, 0.4) is 0 Å². The van der Waals surface area contributed by atoms with Gasteiger partial charge in [-0.2, -0.15) is 5.10 Å². The molecule has 0 aliphatic carbocycles. The first-order valence-corrected chi connectivity index (χ1v) is 5.18. The van der Waals surface area contributed by atoms with Crippen molar-refractivity contribution in [3.8, 4) is 5.75 Å². The molecule has 0 aliphatic heterocycles. The van der Waals surface area contributed by atoms with E-state index in [-0.39, 0.29) is 11.4 Å². The van der Waals surface area contributed by atoms with Crippen LogP contribution in [-0.2, 0) is 0 Å². The molecule has 0 spiro atoms. The smallest absolute Gasteiger partial charge is 0.151 e. The van der Waals surface area contributed by atoms with Gasteiger partial charge in [0.05, 0.1) is 11.9 Å². The standard InChI is InChI=1S/C13H10F2N2O/c14-10-4-5-13(12(15)7-10)17-16-8-9-2-1-3-11(18)6-9/h1-8,17-18H/b16-8-. The summed E-state index contributed by atoms with van der Waals surface area (Å²) in [5.41, 5.74) is 3.19. The first kappa shape index (κ1) is 12.0. The lowest BCUT2D eigenvalue weighted by Gasteiger charge is -2.01. The molecule has 3 nitrogen and oxygen atoms in total. The molecule has 92 valence electrons. The number of phenolic OH excluding ortho intramolecular Hbond substituents is 1. The predicted octanol–water partition coefficient (Wildman–Crippen LogP) is 3.12. The van der Waals surface area contributed by atoms with Crippen LogP contribution in [0.25, 0.3) is 0 Å². The quantitative estimate of drug-likeness (QED) is 0.647. The second-order valence-corrected chi connectivity index (χ2v) is 3.59. The molecule has 0 bridgehead atoms. The van der Waals surface area contributed by atoms with Gasteiger partial charge in [0.15, 0.2) is 5.82 Å². The van der Waals surface area contributed by atoms with Crippen molar-refractivity contribution in [3.63, 3.8) is 0 Å². The minimum absolute atomic E-state index is 0.0767. The number of benzene rings is 2. The zero-order valence-corrected chi connectivity index (χ0v) is 9.27. The monoisotopic (exact) mass is 248 g/mol. The molecule has 2 aromatic rings. The molecule has 18 heavy (non-hydrogen) atoms. The number of phenols is 1. The molecule has 0 atom stereocenters. The number of nitrogens with one attached hydrogen (secondary N) is 1. The summed E-state index contributed by atoms with van der Waals surface area (Å²) >= 11 is 0. The summed E-state index contributed by atoms with van der Waals surface area (Å²) in [5.74, 6) is -1.25. The first-order valence-electron chi connectivity index (χ1n) is 5.18. The van der Waals surface area contributed by atoms with E-state index in [2.05, 4.69) is 10.5 Å². The van der Waals surface area contributed by atoms with E-state index in [9.17, 15) is 13.9 Å². The molecular formula is C13H10F2N2O. The van der Waals surface area contributed by atoms with Crippen LogP contribution in [0.1, 0.15) is 5.56 Å². The van der Waals surface area contributed by atoms with Crippen LogP contribution >= 0.6 is 0 Å². The Kier molecular flexibility index (Phi) is 3.52. The number of hydrazone groups is 1. The number of rotatable bonds is 3. The minimum Gasteiger partial charge on any atom is -0.508 e. The molecule has 0 aliphatic rings. The third-order valence-corrected chi connectivity index (χ3v) is 2.20. The Balaban J connectivity index is 2.07. The van der Waals surface area contributed by atoms with Gasteiger partial charge in [-0.1, -0.05) is 12.1 Å². The lowest BCUT2D eigenvalue weighted by molar-refractivity contribution is 0.475. The fourth-order valence-electron chi connectivity index (χ4n) is 1.36. The lowest BCUT2D eigenvalue weighted by Crippen LogP contribution is -1.94. The Bertz CT molecular complexity index is 585. The molecule has 2 rings (SSSR count). The van der Waals surface area contributed by atoms with Crippen LogP contribution < -0.4 is 5.43 Å². The summed E-state index contributed by atoms with van der Waals surface area (Å²) in [4.78, 5) is 0. The molecule has 0 unspecified atom stereocenters. The molecule has 0 aromatic heterocycles. The van der Waals surface area contributed by atoms with Crippen molar-refractivity contribution in [2.45, 2.75) is 0 Å². The summed E-state index contributed by atoms with van der Waals surface area (Å²) in [6, 6.07) is 9.59. The summed E-state index contributed by atoms with van der Waals surface area (Å²) in [7, 11) is 0. The predicted molar refractivity (Wildman–Crippen MR) is 65.7 cm³/mol. The van der Waals surface area contributed by atoms with Gasteiger partial charge >= 0.3 is 0 Å². The van der Waals surface area contributed by atoms with Crippen molar-refractivity contribution < 1.29 is 13.9 Å². The van der Waals surface area contributed by atoms with Crippen molar-refractivity contribution in [1.29, 1.82) is 0 Å². The second kappa shape index (κ2) is 5.27. The van der Waals surface area contributed by atoms with Crippen LogP contribution in [-0.4, -0.2) is 11.3 Å². The maximum Gasteiger partial charge on any atom is 0.151 e. The number of anilines is 1. The summed E-state index contributed by atoms with van der Waals surface area (Å²) in [6.07, 6.45) is 1.42. The van der Waals surface area contributed by atoms with Gasteiger partial charge in [0, 0.05) is 6.07 Å². The first-order chi connectivity index (χ1) is 8.65. The van der Waals surface area contributed by atoms with E-state index in [1.165, 1.54) is 24.4 Å². The van der Waals surface area contributed by atoms with Gasteiger partial charge in [0.2, 0.25) is 0 Å². The van der Waals surface area contributed by atoms with E-state index >= 15 is 0 Å². The van der Waals surface area contributed by atoms with Crippen molar-refractivity contribution in [1.82, 2.24) is 0 Å². The molecule has 2 N–H and O–H groups in total. The molecule has 2 aromatic carbocycles. The summed E-state index contributed by atoms with van der Waals surface area (Å²) in [5, 5.41) is 13.0. The molecular weight excluding hydrogens is 238 g/mol. The number of hydrogen-bond donors (Lipinski definition) is 2. The van der Waals surface area contributed by atoms with Gasteiger partial charge in [-0.25, -0.2) is 8.78 Å². The van der Waals surface area contributed by atoms with Gasteiger partial charge in [-0.05, 0) is 29.8 Å². The average molecular weight is 248 g/mol. The highest BCUT2D eigenvalue weighted by Gasteiger charge is 2.01. The summed E-state index contributed by atoms with van der Waals surface area (Å²) < 4.78 is 25.9. The van der Waals surface area contributed by atoms with Crippen LogP contribution in [0.5, 0.6) is 5.75 Å². The SMILES string of the molecule is Oc1cccc(/C=N\Nc2ccc(F)cc2F)c1. The van der Waals surface area contributed by atoms with E-state index in [0.717, 1.165) is 12.1 Å². The number of hydrogen-bond acceptors (Lipinski definition) is 3. The van der Waals surface area contributed by atoms with E-state index < -0.39 is 11.6 Å². The highest BCUT2D eigenvalue weighted by atomic mass is 19.1. The fourth-order valence-corrected chi connectivity index (χ4v) is 1.36. The molecule has 5 heteroatoms. The maximum atomic E-state index is 13.2. The van der Waals surface area contributed by atoms with E-state index in [1.54, 1.807) is 12.1 Å². The molecule has 0 saturated carbocycles. The van der Waals surface area contributed by atoms with Gasteiger partial charge in [-0.3, -0.25) is 5.43 Å². The zero-order valence-electron chi connectivity index (χ0n) is 9.27. The van der Waals surface area contributed by atoms with Gasteiger partial charge < -0.3 is 5.11 Å². The third-order valence-electron chi connectivity index (χ3n) is 2.20. The number of halogens is 2. The minimum atomic E-state index is -0.719. The van der Waals surface area contributed by atoms with Crippen molar-refractivity contribution in [2.24, 2.45) is 5.10 Å². The van der Waals surface area contributed by atoms with Gasteiger partial charge in [-0.15, -0.1) is 0 Å². The fraction of sp³-hybridized carbons (Fsp3) is 0. The van der Waals surface area contributed by atoms with Gasteiger partial charge in [0.25, 0.3) is 0 Å². The van der Waals surface area contributed by atoms with Crippen molar-refractivity contribution in [2.75, 3.05) is 5.43 Å². The zero-order chi connectivity index (χ0) is 13.0. The van der Waals surface area contributed by atoms with Crippen molar-refractivity contribution >= 4 is 11.9 Å². The maximum absolute atomic E-state index is 13.2. The van der Waals surface area contributed by atoms with E-state index in [1.807, 2.05) is 0 Å². The normalized spacial score (nSPS) is 10.8. The van der Waals surface area contributed by atoms with Crippen molar-refractivity contribution in [3.05, 3.63) is 59.7 Å². The Morgan fingerprint density at radius 3 is 2.67 bits per heavy atom. The number of nitrogens with zero attached hydrogens (tertiary/aromatic N) is 1. The summed E-state index contributed by atoms with van der Waals surface area (Å²) in [6.45, 7) is 0. The lowest BCUT2D eigenvalue weighted by atomic mass is 10.2. The molecule has 0 fully saturated rings. The molecule has 0 amide bonds. The van der Waals surface area contributed by atoms with Crippen LogP contribution in [0.4, 0.5) is 14.5 Å². The van der Waals surface area contributed by atoms with E-state index in [4.69, 9.17) is 0 Å². The molecule has 0 saturated heterocycles. The molecule has 0 heterocycles. The Morgan fingerprint density at radius 2 is 1.94 bits per heavy atom. The Labute approximate surface area is 102 Å². The molecule has 0 radical (unpaired) electrons. The highest BCUT2D eigenvalue weighted by molar-refractivity contribution is 5.80. The third kappa shape index (κ3) is 3.04. The van der Waals surface area contributed by atoms with Crippen LogP contribution in [0, 0.1) is 11.6 Å². The largest absolute Gasteiger partial charge is 0.508 e. The van der Waals surface area contributed by atoms with Gasteiger partial charge in [0.1, 0.15) is 11.6 Å². The highest BCUT2D eigenvalue weighted by Crippen LogP contribution is 2.15.